The lowest BCUT2D eigenvalue weighted by Crippen LogP contribution is -2.63. The van der Waals surface area contributed by atoms with Gasteiger partial charge in [0.1, 0.15) is 0 Å². The molecule has 0 rings (SSSR count). The topological polar surface area (TPSA) is 108 Å². The summed E-state index contributed by atoms with van der Waals surface area (Å²) in [7, 11) is 0. The summed E-state index contributed by atoms with van der Waals surface area (Å²) >= 11 is 0. The van der Waals surface area contributed by atoms with E-state index in [-0.39, 0.29) is 18.9 Å². The minimum Gasteiger partial charge on any atom is -0.479 e. The largest absolute Gasteiger partial charge is 0.479 e. The summed E-state index contributed by atoms with van der Waals surface area (Å²) in [6, 6.07) is -1.32. The third-order valence-electron chi connectivity index (χ3n) is 2.57. The second-order valence-electron chi connectivity index (χ2n) is 4.41. The van der Waals surface area contributed by atoms with Crippen LogP contribution < -0.4 is 16.0 Å². The molecule has 1 atom stereocenters. The Bertz CT molecular complexity index is 401. The maximum absolute atomic E-state index is 12.6. The molecule has 0 aromatic rings. The highest BCUT2D eigenvalue weighted by molar-refractivity contribution is 5.87. The first-order chi connectivity index (χ1) is 9.54. The Morgan fingerprint density at radius 3 is 2.10 bits per heavy atom. The summed E-state index contributed by atoms with van der Waals surface area (Å²) in [6.45, 7) is 2.42. The number of urea groups is 1. The maximum atomic E-state index is 12.6. The van der Waals surface area contributed by atoms with Crippen molar-refractivity contribution >= 4 is 17.9 Å². The second kappa shape index (κ2) is 7.70. The number of carbonyl (C=O) groups is 3. The van der Waals surface area contributed by atoms with Crippen LogP contribution >= 0.6 is 0 Å². The SMILES string of the molecule is CCCNC(=O)CCNC(=O)NC(C)(C(=O)O)C(F)(F)F. The van der Waals surface area contributed by atoms with Crippen LogP contribution in [0.15, 0.2) is 0 Å². The first-order valence-electron chi connectivity index (χ1n) is 6.17. The molecular weight excluding hydrogens is 295 g/mol. The number of carboxylic acid groups (broad SMARTS) is 1. The lowest BCUT2D eigenvalue weighted by molar-refractivity contribution is -0.203. The van der Waals surface area contributed by atoms with Crippen LogP contribution in [0.4, 0.5) is 18.0 Å². The average molecular weight is 313 g/mol. The molecule has 4 N–H and O–H groups in total. The van der Waals surface area contributed by atoms with Gasteiger partial charge in [-0.1, -0.05) is 6.92 Å². The number of carboxylic acids is 1. The molecule has 3 amide bonds. The van der Waals surface area contributed by atoms with E-state index in [0.717, 1.165) is 6.42 Å². The number of nitrogens with one attached hydrogen (secondary N) is 3. The molecule has 1 unspecified atom stereocenters. The molecule has 10 heteroatoms. The molecule has 0 fully saturated rings. The number of rotatable bonds is 7. The fourth-order valence-corrected chi connectivity index (χ4v) is 1.16. The van der Waals surface area contributed by atoms with Gasteiger partial charge in [0.25, 0.3) is 0 Å². The van der Waals surface area contributed by atoms with Gasteiger partial charge < -0.3 is 21.1 Å². The van der Waals surface area contributed by atoms with Crippen molar-refractivity contribution in [3.05, 3.63) is 0 Å². The third kappa shape index (κ3) is 5.88. The molecule has 7 nitrogen and oxygen atoms in total. The van der Waals surface area contributed by atoms with E-state index < -0.39 is 23.7 Å². The first kappa shape index (κ1) is 19.0. The van der Waals surface area contributed by atoms with E-state index in [1.165, 1.54) is 5.32 Å². The predicted molar refractivity (Wildman–Crippen MR) is 66.5 cm³/mol. The van der Waals surface area contributed by atoms with Gasteiger partial charge in [-0.05, 0) is 13.3 Å². The molecule has 0 radical (unpaired) electrons. The van der Waals surface area contributed by atoms with Crippen LogP contribution in [0, 0.1) is 0 Å². The lowest BCUT2D eigenvalue weighted by Gasteiger charge is -2.28. The van der Waals surface area contributed by atoms with Crippen LogP contribution in [0.1, 0.15) is 26.7 Å². The summed E-state index contributed by atoms with van der Waals surface area (Å²) in [6.07, 6.45) is -4.56. The fourth-order valence-electron chi connectivity index (χ4n) is 1.16. The Kier molecular flexibility index (Phi) is 6.96. The van der Waals surface area contributed by atoms with Gasteiger partial charge in [-0.3, -0.25) is 4.79 Å². The number of amides is 3. The van der Waals surface area contributed by atoms with Crippen molar-refractivity contribution in [1.82, 2.24) is 16.0 Å². The molecule has 0 saturated carbocycles. The van der Waals surface area contributed by atoms with Gasteiger partial charge >= 0.3 is 18.2 Å². The molecule has 122 valence electrons. The molecular formula is C11H18F3N3O4. The van der Waals surface area contributed by atoms with Crippen molar-refractivity contribution < 1.29 is 32.7 Å². The smallest absolute Gasteiger partial charge is 0.422 e. The van der Waals surface area contributed by atoms with Crippen molar-refractivity contribution in [1.29, 1.82) is 0 Å². The van der Waals surface area contributed by atoms with Crippen LogP contribution in [0.25, 0.3) is 0 Å². The van der Waals surface area contributed by atoms with Gasteiger partial charge in [-0.25, -0.2) is 9.59 Å². The van der Waals surface area contributed by atoms with Gasteiger partial charge in [0.05, 0.1) is 0 Å². The molecule has 0 bridgehead atoms. The van der Waals surface area contributed by atoms with Gasteiger partial charge in [0, 0.05) is 19.5 Å². The molecule has 0 spiro atoms. The van der Waals surface area contributed by atoms with Crippen molar-refractivity contribution in [3.63, 3.8) is 0 Å². The number of halogens is 3. The van der Waals surface area contributed by atoms with E-state index in [1.54, 1.807) is 0 Å². The molecule has 21 heavy (non-hydrogen) atoms. The summed E-state index contributed by atoms with van der Waals surface area (Å²) < 4.78 is 37.9. The van der Waals surface area contributed by atoms with Crippen LogP contribution in [-0.2, 0) is 9.59 Å². The van der Waals surface area contributed by atoms with E-state index in [2.05, 4.69) is 5.32 Å². The van der Waals surface area contributed by atoms with E-state index >= 15 is 0 Å². The van der Waals surface area contributed by atoms with E-state index in [4.69, 9.17) is 5.11 Å². The summed E-state index contributed by atoms with van der Waals surface area (Å²) in [5.41, 5.74) is -3.40. The average Bonchev–Trinajstić information content (AvgIpc) is 2.34. The van der Waals surface area contributed by atoms with Crippen molar-refractivity contribution in [2.75, 3.05) is 13.1 Å². The van der Waals surface area contributed by atoms with Crippen LogP contribution in [0.2, 0.25) is 0 Å². The Morgan fingerprint density at radius 1 is 1.10 bits per heavy atom. The fraction of sp³-hybridized carbons (Fsp3) is 0.727. The quantitative estimate of drug-likeness (QED) is 0.552. The van der Waals surface area contributed by atoms with E-state index in [9.17, 15) is 27.6 Å². The molecule has 0 aliphatic rings. The van der Waals surface area contributed by atoms with Crippen molar-refractivity contribution in [3.8, 4) is 0 Å². The minimum atomic E-state index is -5.16. The van der Waals surface area contributed by atoms with Crippen LogP contribution in [-0.4, -0.2) is 47.8 Å². The Labute approximate surface area is 119 Å². The van der Waals surface area contributed by atoms with Crippen molar-refractivity contribution in [2.24, 2.45) is 0 Å². The molecule has 0 aliphatic heterocycles. The van der Waals surface area contributed by atoms with Gasteiger partial charge in [0.2, 0.25) is 11.4 Å². The zero-order valence-electron chi connectivity index (χ0n) is 11.6. The number of hydrogen-bond donors (Lipinski definition) is 4. The predicted octanol–water partition coefficient (Wildman–Crippen LogP) is 0.608. The zero-order chi connectivity index (χ0) is 16.7. The molecule has 0 saturated heterocycles. The summed E-state index contributed by atoms with van der Waals surface area (Å²) in [4.78, 5) is 33.1. The highest BCUT2D eigenvalue weighted by Crippen LogP contribution is 2.30. The number of aliphatic carboxylic acids is 1. The van der Waals surface area contributed by atoms with Gasteiger partial charge in [0.15, 0.2) is 0 Å². The Morgan fingerprint density at radius 2 is 1.67 bits per heavy atom. The Balaban J connectivity index is 4.36. The number of carbonyl (C=O) groups excluding carboxylic acids is 2. The van der Waals surface area contributed by atoms with Crippen molar-refractivity contribution in [2.45, 2.75) is 38.4 Å². The third-order valence-corrected chi connectivity index (χ3v) is 2.57. The molecule has 0 aromatic carbocycles. The summed E-state index contributed by atoms with van der Waals surface area (Å²) in [5, 5.41) is 14.5. The summed E-state index contributed by atoms with van der Waals surface area (Å²) in [5.74, 6) is -2.60. The first-order valence-corrected chi connectivity index (χ1v) is 6.17. The van der Waals surface area contributed by atoms with Gasteiger partial charge in [-0.2, -0.15) is 13.2 Å². The second-order valence-corrected chi connectivity index (χ2v) is 4.41. The monoisotopic (exact) mass is 313 g/mol. The zero-order valence-corrected chi connectivity index (χ0v) is 11.6. The number of hydrogen-bond acceptors (Lipinski definition) is 3. The lowest BCUT2D eigenvalue weighted by atomic mass is 10.0. The molecule has 0 aliphatic carbocycles. The molecule has 0 aromatic heterocycles. The minimum absolute atomic E-state index is 0.122. The van der Waals surface area contributed by atoms with Gasteiger partial charge in [-0.15, -0.1) is 0 Å². The maximum Gasteiger partial charge on any atom is 0.422 e. The van der Waals surface area contributed by atoms with E-state index in [1.807, 2.05) is 12.2 Å². The highest BCUT2D eigenvalue weighted by atomic mass is 19.4. The van der Waals surface area contributed by atoms with E-state index in [0.29, 0.717) is 13.5 Å². The Hall–Kier alpha value is -2.00. The standard InChI is InChI=1S/C11H18F3N3O4/c1-3-5-15-7(18)4-6-16-9(21)17-10(2,8(19)20)11(12,13)14/h3-6H2,1-2H3,(H,15,18)(H,19,20)(H2,16,17,21). The van der Waals surface area contributed by atoms with Crippen LogP contribution in [0.3, 0.4) is 0 Å². The molecule has 0 heterocycles. The number of alkyl halides is 3. The highest BCUT2D eigenvalue weighted by Gasteiger charge is 2.58. The normalized spacial score (nSPS) is 14.0. The van der Waals surface area contributed by atoms with Crippen LogP contribution in [0.5, 0.6) is 0 Å².